The van der Waals surface area contributed by atoms with Gasteiger partial charge >= 0.3 is 0 Å². The summed E-state index contributed by atoms with van der Waals surface area (Å²) >= 11 is 0. The van der Waals surface area contributed by atoms with Crippen molar-refractivity contribution < 1.29 is 4.84 Å². The monoisotopic (exact) mass is 129 g/mol. The van der Waals surface area contributed by atoms with Crippen LogP contribution in [0, 0.1) is 5.92 Å². The molecule has 54 valence electrons. The van der Waals surface area contributed by atoms with Crippen molar-refractivity contribution in [2.45, 2.75) is 20.3 Å². The predicted octanol–water partition coefficient (Wildman–Crippen LogP) is 1.28. The molecule has 1 aliphatic rings. The topological polar surface area (TPSA) is 12.5 Å². The molecular formula is C7H15NO. The Hall–Kier alpha value is -0.0800. The lowest BCUT2D eigenvalue weighted by Gasteiger charge is -2.15. The molecule has 1 heterocycles. The van der Waals surface area contributed by atoms with Crippen LogP contribution in [0.5, 0.6) is 0 Å². The third-order valence-corrected chi connectivity index (χ3v) is 1.39. The molecule has 0 spiro atoms. The van der Waals surface area contributed by atoms with Crippen molar-refractivity contribution in [3.05, 3.63) is 0 Å². The summed E-state index contributed by atoms with van der Waals surface area (Å²) in [5.41, 5.74) is 0. The van der Waals surface area contributed by atoms with Crippen LogP contribution in [-0.2, 0) is 4.84 Å². The number of nitrogens with zero attached hydrogens (tertiary/aromatic N) is 1. The van der Waals surface area contributed by atoms with Crippen molar-refractivity contribution in [3.8, 4) is 0 Å². The molecule has 1 rings (SSSR count). The molecule has 2 nitrogen and oxygen atoms in total. The highest BCUT2D eigenvalue weighted by Crippen LogP contribution is 2.06. The average molecular weight is 129 g/mol. The Bertz CT molecular complexity index is 77.0. The van der Waals surface area contributed by atoms with Gasteiger partial charge < -0.3 is 0 Å². The third-order valence-electron chi connectivity index (χ3n) is 1.39. The third kappa shape index (κ3) is 2.33. The van der Waals surface area contributed by atoms with Crippen LogP contribution in [0.4, 0.5) is 0 Å². The molecule has 0 unspecified atom stereocenters. The van der Waals surface area contributed by atoms with Crippen LogP contribution in [0.15, 0.2) is 0 Å². The smallest absolute Gasteiger partial charge is 0.0698 e. The lowest BCUT2D eigenvalue weighted by atomic mass is 10.2. The van der Waals surface area contributed by atoms with Gasteiger partial charge in [0.15, 0.2) is 0 Å². The molecule has 0 aromatic carbocycles. The normalized spacial score (nSPS) is 21.7. The van der Waals surface area contributed by atoms with Crippen LogP contribution in [0.2, 0.25) is 0 Å². The number of rotatable bonds is 2. The summed E-state index contributed by atoms with van der Waals surface area (Å²) in [6.07, 6.45) is 1.20. The average Bonchev–Trinajstić information content (AvgIpc) is 2.15. The molecule has 2 heteroatoms. The molecule has 1 fully saturated rings. The Morgan fingerprint density at radius 3 is 2.78 bits per heavy atom. The summed E-state index contributed by atoms with van der Waals surface area (Å²) in [5.74, 6) is 0.725. The summed E-state index contributed by atoms with van der Waals surface area (Å²) in [4.78, 5) is 5.30. The maximum atomic E-state index is 5.30. The minimum absolute atomic E-state index is 0.725. The molecule has 0 aromatic rings. The zero-order valence-electron chi connectivity index (χ0n) is 6.26. The quantitative estimate of drug-likeness (QED) is 0.557. The second-order valence-electron chi connectivity index (χ2n) is 2.97. The van der Waals surface area contributed by atoms with Crippen LogP contribution < -0.4 is 0 Å². The molecule has 0 amide bonds. The van der Waals surface area contributed by atoms with E-state index < -0.39 is 0 Å². The van der Waals surface area contributed by atoms with Gasteiger partial charge in [-0.15, -0.1) is 0 Å². The minimum atomic E-state index is 0.725. The van der Waals surface area contributed by atoms with Crippen LogP contribution >= 0.6 is 0 Å². The van der Waals surface area contributed by atoms with Crippen LogP contribution in [-0.4, -0.2) is 24.8 Å². The molecule has 0 bridgehead atoms. The highest BCUT2D eigenvalue weighted by atomic mass is 16.7. The Kier molecular flexibility index (Phi) is 2.49. The van der Waals surface area contributed by atoms with Gasteiger partial charge in [0.25, 0.3) is 0 Å². The van der Waals surface area contributed by atoms with E-state index in [2.05, 4.69) is 18.9 Å². The minimum Gasteiger partial charge on any atom is -0.299 e. The SMILES string of the molecule is CC(C)CN1CCCO1. The van der Waals surface area contributed by atoms with Crippen molar-refractivity contribution in [3.63, 3.8) is 0 Å². The van der Waals surface area contributed by atoms with Crippen molar-refractivity contribution in [2.75, 3.05) is 19.7 Å². The van der Waals surface area contributed by atoms with Crippen LogP contribution in [0.25, 0.3) is 0 Å². The van der Waals surface area contributed by atoms with E-state index in [9.17, 15) is 0 Å². The van der Waals surface area contributed by atoms with Gasteiger partial charge in [-0.25, -0.2) is 0 Å². The van der Waals surface area contributed by atoms with Gasteiger partial charge in [0.2, 0.25) is 0 Å². The zero-order valence-corrected chi connectivity index (χ0v) is 6.26. The summed E-state index contributed by atoms with van der Waals surface area (Å²) in [5, 5.41) is 2.06. The summed E-state index contributed by atoms with van der Waals surface area (Å²) in [7, 11) is 0. The van der Waals surface area contributed by atoms with Gasteiger partial charge in [-0.3, -0.25) is 4.84 Å². The van der Waals surface area contributed by atoms with E-state index in [0.29, 0.717) is 0 Å². The zero-order chi connectivity index (χ0) is 6.69. The van der Waals surface area contributed by atoms with E-state index in [1.807, 2.05) is 0 Å². The van der Waals surface area contributed by atoms with Crippen LogP contribution in [0.3, 0.4) is 0 Å². The first-order valence-electron chi connectivity index (χ1n) is 3.67. The second-order valence-corrected chi connectivity index (χ2v) is 2.97. The first-order valence-corrected chi connectivity index (χ1v) is 3.67. The predicted molar refractivity (Wildman–Crippen MR) is 37.0 cm³/mol. The standard InChI is InChI=1S/C7H15NO/c1-7(2)6-8-4-3-5-9-8/h7H,3-6H2,1-2H3. The number of hydrogen-bond acceptors (Lipinski definition) is 2. The lowest BCUT2D eigenvalue weighted by Crippen LogP contribution is -2.22. The van der Waals surface area contributed by atoms with Gasteiger partial charge in [0.05, 0.1) is 6.61 Å². The molecule has 0 saturated carbocycles. The molecule has 0 N–H and O–H groups in total. The molecule has 1 saturated heterocycles. The maximum Gasteiger partial charge on any atom is 0.0698 e. The Balaban J connectivity index is 2.11. The first kappa shape index (κ1) is 7.03. The highest BCUT2D eigenvalue weighted by Gasteiger charge is 2.12. The number of hydroxylamine groups is 2. The van der Waals surface area contributed by atoms with Gasteiger partial charge in [0.1, 0.15) is 0 Å². The van der Waals surface area contributed by atoms with E-state index in [0.717, 1.165) is 25.6 Å². The molecular weight excluding hydrogens is 114 g/mol. The largest absolute Gasteiger partial charge is 0.299 e. The summed E-state index contributed by atoms with van der Waals surface area (Å²) in [6, 6.07) is 0. The maximum absolute atomic E-state index is 5.30. The fourth-order valence-corrected chi connectivity index (χ4v) is 1.05. The molecule has 0 radical (unpaired) electrons. The van der Waals surface area contributed by atoms with Crippen molar-refractivity contribution in [1.29, 1.82) is 0 Å². The fourth-order valence-electron chi connectivity index (χ4n) is 1.05. The first-order chi connectivity index (χ1) is 4.29. The van der Waals surface area contributed by atoms with Gasteiger partial charge in [-0.05, 0) is 12.3 Å². The van der Waals surface area contributed by atoms with Gasteiger partial charge in [0, 0.05) is 13.1 Å². The Morgan fingerprint density at radius 2 is 2.33 bits per heavy atom. The van der Waals surface area contributed by atoms with E-state index in [4.69, 9.17) is 4.84 Å². The van der Waals surface area contributed by atoms with Crippen molar-refractivity contribution in [2.24, 2.45) is 5.92 Å². The summed E-state index contributed by atoms with van der Waals surface area (Å²) < 4.78 is 0. The Morgan fingerprint density at radius 1 is 1.56 bits per heavy atom. The van der Waals surface area contributed by atoms with E-state index >= 15 is 0 Å². The Labute approximate surface area is 56.8 Å². The van der Waals surface area contributed by atoms with Gasteiger partial charge in [-0.1, -0.05) is 13.8 Å². The van der Waals surface area contributed by atoms with Crippen molar-refractivity contribution in [1.82, 2.24) is 5.06 Å². The molecule has 1 aliphatic heterocycles. The molecule has 0 aromatic heterocycles. The summed E-state index contributed by atoms with van der Waals surface area (Å²) in [6.45, 7) is 7.55. The fraction of sp³-hybridized carbons (Fsp3) is 1.00. The van der Waals surface area contributed by atoms with Crippen LogP contribution in [0.1, 0.15) is 20.3 Å². The second kappa shape index (κ2) is 3.18. The molecule has 9 heavy (non-hydrogen) atoms. The number of hydrogen-bond donors (Lipinski definition) is 0. The highest BCUT2D eigenvalue weighted by molar-refractivity contribution is 4.55. The lowest BCUT2D eigenvalue weighted by molar-refractivity contribution is -0.116. The van der Waals surface area contributed by atoms with E-state index in [1.165, 1.54) is 6.42 Å². The van der Waals surface area contributed by atoms with Crippen molar-refractivity contribution >= 4 is 0 Å². The van der Waals surface area contributed by atoms with Gasteiger partial charge in [-0.2, -0.15) is 5.06 Å². The van der Waals surface area contributed by atoms with E-state index in [1.54, 1.807) is 0 Å². The molecule has 0 aliphatic carbocycles. The van der Waals surface area contributed by atoms with E-state index in [-0.39, 0.29) is 0 Å². The molecule has 0 atom stereocenters.